The Labute approximate surface area is 148 Å². The first-order valence-electron chi connectivity index (χ1n) is 7.81. The quantitative estimate of drug-likeness (QED) is 0.721. The number of carbonyl (C=O) groups excluding carboxylic acids is 2. The third kappa shape index (κ3) is 3.13. The Bertz CT molecular complexity index is 808. The number of halogens is 2. The van der Waals surface area contributed by atoms with Gasteiger partial charge in [0.2, 0.25) is 5.91 Å². The van der Waals surface area contributed by atoms with Crippen LogP contribution in [0, 0.1) is 12.7 Å². The molecule has 0 N–H and O–H groups in total. The summed E-state index contributed by atoms with van der Waals surface area (Å²) in [6.07, 6.45) is 6.50. The second-order valence-corrected chi connectivity index (χ2v) is 6.77. The maximum absolute atomic E-state index is 13.8. The fraction of sp³-hybridized carbons (Fsp3) is 0.263. The van der Waals surface area contributed by atoms with Gasteiger partial charge in [-0.15, -0.1) is 0 Å². The third-order valence-corrected chi connectivity index (χ3v) is 5.24. The smallest absolute Gasteiger partial charge is 0.231 e. The van der Waals surface area contributed by atoms with Crippen molar-refractivity contribution in [2.24, 2.45) is 0 Å². The molecule has 3 nitrogen and oxygen atoms in total. The molecule has 2 aliphatic rings. The first-order valence-corrected chi connectivity index (χ1v) is 8.61. The Morgan fingerprint density at radius 2 is 2.04 bits per heavy atom. The Balaban J connectivity index is 2.00. The molecule has 0 spiro atoms. The van der Waals surface area contributed by atoms with Gasteiger partial charge in [-0.05, 0) is 52.9 Å². The van der Waals surface area contributed by atoms with Gasteiger partial charge in [0, 0.05) is 21.3 Å². The molecule has 1 aromatic rings. The second kappa shape index (κ2) is 6.85. The highest BCUT2D eigenvalue weighted by Crippen LogP contribution is 2.37. The van der Waals surface area contributed by atoms with Crippen LogP contribution in [0.4, 0.5) is 4.39 Å². The molecule has 0 unspecified atom stereocenters. The molecule has 1 aliphatic carbocycles. The molecule has 0 atom stereocenters. The molecule has 124 valence electrons. The van der Waals surface area contributed by atoms with Crippen LogP contribution < -0.4 is 0 Å². The van der Waals surface area contributed by atoms with Gasteiger partial charge >= 0.3 is 0 Å². The SMILES string of the molecule is Cc1ccc(CN2C(=O)CC(C=O)=C(Br)C3=CCCC=C32)cc1F. The fourth-order valence-electron chi connectivity index (χ4n) is 2.95. The lowest BCUT2D eigenvalue weighted by molar-refractivity contribution is -0.129. The van der Waals surface area contributed by atoms with E-state index in [9.17, 15) is 14.0 Å². The Kier molecular flexibility index (Phi) is 4.81. The average molecular weight is 390 g/mol. The number of aryl methyl sites for hydroxylation is 1. The highest BCUT2D eigenvalue weighted by Gasteiger charge is 2.29. The van der Waals surface area contributed by atoms with E-state index < -0.39 is 0 Å². The summed E-state index contributed by atoms with van der Waals surface area (Å²) in [7, 11) is 0. The van der Waals surface area contributed by atoms with Crippen LogP contribution in [0.1, 0.15) is 30.4 Å². The number of carbonyl (C=O) groups is 2. The number of fused-ring (bicyclic) bond motifs is 1. The molecule has 0 saturated carbocycles. The summed E-state index contributed by atoms with van der Waals surface area (Å²) < 4.78 is 14.5. The fourth-order valence-corrected chi connectivity index (χ4v) is 3.55. The number of hydrogen-bond donors (Lipinski definition) is 0. The molecule has 1 aliphatic heterocycles. The van der Waals surface area contributed by atoms with Crippen molar-refractivity contribution in [2.45, 2.75) is 32.7 Å². The van der Waals surface area contributed by atoms with Crippen molar-refractivity contribution in [3.8, 4) is 0 Å². The summed E-state index contributed by atoms with van der Waals surface area (Å²) in [5.41, 5.74) is 3.39. The molecule has 5 heteroatoms. The van der Waals surface area contributed by atoms with Crippen molar-refractivity contribution < 1.29 is 14.0 Å². The largest absolute Gasteiger partial charge is 0.307 e. The number of hydrogen-bond acceptors (Lipinski definition) is 2. The summed E-state index contributed by atoms with van der Waals surface area (Å²) in [4.78, 5) is 25.7. The minimum absolute atomic E-state index is 0.0348. The van der Waals surface area contributed by atoms with Gasteiger partial charge in [-0.2, -0.15) is 0 Å². The minimum atomic E-state index is -0.281. The summed E-state index contributed by atoms with van der Waals surface area (Å²) in [6.45, 7) is 1.99. The second-order valence-electron chi connectivity index (χ2n) is 5.98. The van der Waals surface area contributed by atoms with Crippen LogP contribution in [-0.2, 0) is 16.1 Å². The molecule has 0 aromatic heterocycles. The zero-order valence-corrected chi connectivity index (χ0v) is 14.9. The van der Waals surface area contributed by atoms with Crippen LogP contribution in [-0.4, -0.2) is 17.1 Å². The van der Waals surface area contributed by atoms with E-state index in [4.69, 9.17) is 0 Å². The average Bonchev–Trinajstić information content (AvgIpc) is 2.68. The number of allylic oxidation sites excluding steroid dienone is 3. The van der Waals surface area contributed by atoms with Gasteiger partial charge < -0.3 is 4.90 Å². The predicted octanol–water partition coefficient (Wildman–Crippen LogP) is 4.32. The van der Waals surface area contributed by atoms with E-state index in [-0.39, 0.29) is 24.7 Å². The summed E-state index contributed by atoms with van der Waals surface area (Å²) in [6, 6.07) is 5.00. The van der Waals surface area contributed by atoms with Crippen molar-refractivity contribution in [3.63, 3.8) is 0 Å². The van der Waals surface area contributed by atoms with Gasteiger partial charge in [-0.3, -0.25) is 9.59 Å². The van der Waals surface area contributed by atoms with E-state index in [1.165, 1.54) is 6.07 Å². The molecule has 1 heterocycles. The third-order valence-electron chi connectivity index (χ3n) is 4.30. The lowest BCUT2D eigenvalue weighted by Crippen LogP contribution is -2.30. The van der Waals surface area contributed by atoms with E-state index >= 15 is 0 Å². The lowest BCUT2D eigenvalue weighted by atomic mass is 10.0. The van der Waals surface area contributed by atoms with Gasteiger partial charge in [0.25, 0.3) is 0 Å². The summed E-state index contributed by atoms with van der Waals surface area (Å²) in [5, 5.41) is 0. The Morgan fingerprint density at radius 3 is 2.75 bits per heavy atom. The van der Waals surface area contributed by atoms with Crippen LogP contribution in [0.2, 0.25) is 0 Å². The van der Waals surface area contributed by atoms with Crippen LogP contribution in [0.25, 0.3) is 0 Å². The van der Waals surface area contributed by atoms with Crippen molar-refractivity contribution in [1.29, 1.82) is 0 Å². The number of rotatable bonds is 3. The van der Waals surface area contributed by atoms with Crippen LogP contribution in [0.3, 0.4) is 0 Å². The molecule has 24 heavy (non-hydrogen) atoms. The molecule has 3 rings (SSSR count). The van der Waals surface area contributed by atoms with Gasteiger partial charge in [-0.25, -0.2) is 4.39 Å². The molecule has 0 bridgehead atoms. The van der Waals surface area contributed by atoms with Crippen molar-refractivity contribution in [2.75, 3.05) is 0 Å². The lowest BCUT2D eigenvalue weighted by Gasteiger charge is -2.27. The number of aldehydes is 1. The van der Waals surface area contributed by atoms with Crippen LogP contribution in [0.5, 0.6) is 0 Å². The van der Waals surface area contributed by atoms with Gasteiger partial charge in [-0.1, -0.05) is 24.3 Å². The Hall–Kier alpha value is -2.01. The number of amides is 1. The monoisotopic (exact) mass is 389 g/mol. The van der Waals surface area contributed by atoms with E-state index in [1.54, 1.807) is 17.9 Å². The summed E-state index contributed by atoms with van der Waals surface area (Å²) in [5.74, 6) is -0.442. The van der Waals surface area contributed by atoms with E-state index in [0.29, 0.717) is 15.6 Å². The van der Waals surface area contributed by atoms with E-state index in [0.717, 1.165) is 36.0 Å². The maximum atomic E-state index is 13.8. The topological polar surface area (TPSA) is 37.4 Å². The first kappa shape index (κ1) is 16.8. The van der Waals surface area contributed by atoms with Gasteiger partial charge in [0.1, 0.15) is 12.1 Å². The molecule has 1 amide bonds. The Morgan fingerprint density at radius 1 is 1.29 bits per heavy atom. The molecule has 1 aromatic carbocycles. The van der Waals surface area contributed by atoms with Gasteiger partial charge in [0.05, 0.1) is 13.0 Å². The molecule has 0 saturated heterocycles. The first-order chi connectivity index (χ1) is 11.5. The van der Waals surface area contributed by atoms with Crippen molar-refractivity contribution >= 4 is 28.1 Å². The maximum Gasteiger partial charge on any atom is 0.231 e. The van der Waals surface area contributed by atoms with Crippen molar-refractivity contribution in [1.82, 2.24) is 4.90 Å². The molecular formula is C19H17BrFNO2. The van der Waals surface area contributed by atoms with Crippen molar-refractivity contribution in [3.05, 3.63) is 68.6 Å². The molecule has 0 fully saturated rings. The van der Waals surface area contributed by atoms with Crippen LogP contribution in [0.15, 0.2) is 51.7 Å². The highest BCUT2D eigenvalue weighted by molar-refractivity contribution is 9.12. The molecule has 0 radical (unpaired) electrons. The summed E-state index contributed by atoms with van der Waals surface area (Å²) >= 11 is 3.47. The normalized spacial score (nSPS) is 18.0. The van der Waals surface area contributed by atoms with E-state index in [1.807, 2.05) is 18.2 Å². The van der Waals surface area contributed by atoms with E-state index in [2.05, 4.69) is 15.9 Å². The number of nitrogens with zero attached hydrogens (tertiary/aromatic N) is 1. The molecular weight excluding hydrogens is 373 g/mol. The zero-order chi connectivity index (χ0) is 17.3. The predicted molar refractivity (Wildman–Crippen MR) is 93.7 cm³/mol. The number of benzene rings is 1. The van der Waals surface area contributed by atoms with Gasteiger partial charge in [0.15, 0.2) is 0 Å². The van der Waals surface area contributed by atoms with Crippen LogP contribution >= 0.6 is 15.9 Å². The highest BCUT2D eigenvalue weighted by atomic mass is 79.9. The minimum Gasteiger partial charge on any atom is -0.307 e. The standard InChI is InChI=1S/C19H17BrFNO2/c1-12-6-7-13(8-16(12)21)10-22-17-5-3-2-4-15(17)19(20)14(11-23)9-18(22)24/h4-8,11H,2-3,9-10H2,1H3. The zero-order valence-electron chi connectivity index (χ0n) is 13.3.